The molecule has 0 amide bonds. The van der Waals surface area contributed by atoms with Gasteiger partial charge in [-0.25, -0.2) is 9.98 Å². The smallest absolute Gasteiger partial charge is 0.284 e. The van der Waals surface area contributed by atoms with Crippen LogP contribution in [0.5, 0.6) is 0 Å². The first-order valence-electron chi connectivity index (χ1n) is 8.82. The number of nitrogens with zero attached hydrogens (tertiary/aromatic N) is 2. The second kappa shape index (κ2) is 16.8. The summed E-state index contributed by atoms with van der Waals surface area (Å²) in [5.74, 6) is 0. The molecule has 0 radical (unpaired) electrons. The molecule has 0 saturated heterocycles. The minimum absolute atomic E-state index is 0.477. The van der Waals surface area contributed by atoms with Gasteiger partial charge >= 0.3 is 0 Å². The number of hydrogen-bond acceptors (Lipinski definition) is 10. The van der Waals surface area contributed by atoms with Gasteiger partial charge in [0.15, 0.2) is 0 Å². The van der Waals surface area contributed by atoms with Gasteiger partial charge in [0.25, 0.3) is 12.0 Å². The average molecular weight is 376 g/mol. The van der Waals surface area contributed by atoms with Crippen LogP contribution in [0.15, 0.2) is 9.98 Å². The number of ether oxygens (including phenoxy) is 6. The van der Waals surface area contributed by atoms with Crippen molar-refractivity contribution in [3.63, 3.8) is 0 Å². The van der Waals surface area contributed by atoms with E-state index in [2.05, 4.69) is 20.6 Å². The average Bonchev–Trinajstić information content (AvgIpc) is 2.66. The lowest BCUT2D eigenvalue weighted by Crippen LogP contribution is -2.30. The molecule has 1 aliphatic rings. The van der Waals surface area contributed by atoms with Crippen LogP contribution in [0.1, 0.15) is 0 Å². The standard InChI is InChI=1S/C16H32N4O6/c1-21-15-17-3-7-23-11-13-25-9-5-19-16(22-2)20-6-10-26-14-12-24-8-4-18-15/h3-14H2,1-2H3,(H,17,18)(H,19,20). The number of aliphatic imine (C=N–C) groups is 2. The summed E-state index contributed by atoms with van der Waals surface area (Å²) in [6, 6.07) is 0.953. The molecular formula is C16H32N4O6. The Morgan fingerprint density at radius 1 is 0.615 bits per heavy atom. The van der Waals surface area contributed by atoms with Crippen molar-refractivity contribution in [2.75, 3.05) is 93.3 Å². The topological polar surface area (TPSA) is 104 Å². The zero-order chi connectivity index (χ0) is 18.7. The molecule has 0 fully saturated rings. The third-order valence-corrected chi connectivity index (χ3v) is 3.16. The SMILES string of the molecule is COC1=NCCOCCOCCNC(OC)=NCCOCCOCCN1. The Morgan fingerprint density at radius 2 is 1.00 bits per heavy atom. The van der Waals surface area contributed by atoms with Crippen molar-refractivity contribution in [2.24, 2.45) is 9.98 Å². The van der Waals surface area contributed by atoms with Gasteiger partial charge in [-0.2, -0.15) is 0 Å². The molecule has 1 aliphatic heterocycles. The van der Waals surface area contributed by atoms with E-state index in [0.29, 0.717) is 91.1 Å². The van der Waals surface area contributed by atoms with Crippen LogP contribution >= 0.6 is 0 Å². The van der Waals surface area contributed by atoms with Gasteiger partial charge in [-0.05, 0) is 0 Å². The van der Waals surface area contributed by atoms with Crippen LogP contribution in [-0.4, -0.2) is 105 Å². The largest absolute Gasteiger partial charge is 0.469 e. The molecule has 26 heavy (non-hydrogen) atoms. The maximum absolute atomic E-state index is 5.47. The second-order valence-corrected chi connectivity index (χ2v) is 5.09. The van der Waals surface area contributed by atoms with E-state index >= 15 is 0 Å². The third kappa shape index (κ3) is 12.7. The minimum Gasteiger partial charge on any atom is -0.469 e. The number of rotatable bonds is 0. The zero-order valence-electron chi connectivity index (χ0n) is 15.8. The fourth-order valence-electron chi connectivity index (χ4n) is 1.91. The summed E-state index contributed by atoms with van der Waals surface area (Å²) in [6.45, 7) is 6.39. The number of nitrogens with one attached hydrogen (secondary N) is 2. The molecular weight excluding hydrogens is 344 g/mol. The Kier molecular flexibility index (Phi) is 14.5. The van der Waals surface area contributed by atoms with E-state index < -0.39 is 0 Å². The van der Waals surface area contributed by atoms with Gasteiger partial charge in [-0.1, -0.05) is 0 Å². The summed E-state index contributed by atoms with van der Waals surface area (Å²) >= 11 is 0. The predicted molar refractivity (Wildman–Crippen MR) is 97.9 cm³/mol. The molecule has 0 spiro atoms. The van der Waals surface area contributed by atoms with E-state index in [1.165, 1.54) is 0 Å². The van der Waals surface area contributed by atoms with Crippen molar-refractivity contribution in [1.82, 2.24) is 10.6 Å². The van der Waals surface area contributed by atoms with E-state index in [1.54, 1.807) is 14.2 Å². The van der Waals surface area contributed by atoms with Crippen LogP contribution < -0.4 is 10.6 Å². The lowest BCUT2D eigenvalue weighted by molar-refractivity contribution is 0.0512. The van der Waals surface area contributed by atoms with E-state index in [4.69, 9.17) is 28.4 Å². The highest BCUT2D eigenvalue weighted by molar-refractivity contribution is 5.73. The molecule has 0 aromatic heterocycles. The van der Waals surface area contributed by atoms with Gasteiger partial charge in [0.05, 0.1) is 80.2 Å². The first kappa shape index (κ1) is 22.4. The molecule has 2 N–H and O–H groups in total. The van der Waals surface area contributed by atoms with Crippen molar-refractivity contribution in [3.8, 4) is 0 Å². The molecule has 0 atom stereocenters. The Labute approximate surface area is 155 Å². The van der Waals surface area contributed by atoms with Gasteiger partial charge in [0.1, 0.15) is 0 Å². The maximum Gasteiger partial charge on any atom is 0.284 e. The van der Waals surface area contributed by atoms with Crippen LogP contribution in [0.2, 0.25) is 0 Å². The van der Waals surface area contributed by atoms with Gasteiger partial charge in [0, 0.05) is 13.1 Å². The lowest BCUT2D eigenvalue weighted by Gasteiger charge is -2.11. The van der Waals surface area contributed by atoms with Crippen molar-refractivity contribution >= 4 is 12.0 Å². The Balaban J connectivity index is 2.32. The summed E-state index contributed by atoms with van der Waals surface area (Å²) in [4.78, 5) is 8.55. The molecule has 0 unspecified atom stereocenters. The fourth-order valence-corrected chi connectivity index (χ4v) is 1.91. The molecule has 1 rings (SSSR count). The first-order chi connectivity index (χ1) is 12.9. The van der Waals surface area contributed by atoms with Crippen LogP contribution in [-0.2, 0) is 28.4 Å². The van der Waals surface area contributed by atoms with Crippen LogP contribution in [0, 0.1) is 0 Å². The number of methoxy groups -OCH3 is 2. The Hall–Kier alpha value is -1.62. The number of amidine groups is 2. The molecule has 0 saturated carbocycles. The summed E-state index contributed by atoms with van der Waals surface area (Å²) in [7, 11) is 3.15. The summed E-state index contributed by atoms with van der Waals surface area (Å²) in [5, 5.41) is 6.12. The number of hydrogen-bond donors (Lipinski definition) is 2. The lowest BCUT2D eigenvalue weighted by atomic mass is 10.6. The molecule has 0 aromatic rings. The molecule has 152 valence electrons. The first-order valence-corrected chi connectivity index (χ1v) is 8.82. The van der Waals surface area contributed by atoms with Crippen molar-refractivity contribution < 1.29 is 28.4 Å². The monoisotopic (exact) mass is 376 g/mol. The summed E-state index contributed by atoms with van der Waals surface area (Å²) in [5.41, 5.74) is 0. The molecule has 10 heteroatoms. The Morgan fingerprint density at radius 3 is 1.38 bits per heavy atom. The van der Waals surface area contributed by atoms with E-state index in [1.807, 2.05) is 0 Å². The van der Waals surface area contributed by atoms with Crippen molar-refractivity contribution in [3.05, 3.63) is 0 Å². The van der Waals surface area contributed by atoms with Crippen molar-refractivity contribution in [2.45, 2.75) is 0 Å². The third-order valence-electron chi connectivity index (χ3n) is 3.16. The quantitative estimate of drug-likeness (QED) is 0.569. The molecule has 0 aromatic carbocycles. The molecule has 0 bridgehead atoms. The van der Waals surface area contributed by atoms with E-state index in [-0.39, 0.29) is 0 Å². The normalized spacial score (nSPS) is 20.8. The van der Waals surface area contributed by atoms with Gasteiger partial charge in [-0.15, -0.1) is 0 Å². The van der Waals surface area contributed by atoms with E-state index in [9.17, 15) is 0 Å². The van der Waals surface area contributed by atoms with Gasteiger partial charge < -0.3 is 39.1 Å². The second-order valence-electron chi connectivity index (χ2n) is 5.09. The van der Waals surface area contributed by atoms with Crippen LogP contribution in [0.25, 0.3) is 0 Å². The van der Waals surface area contributed by atoms with Gasteiger partial charge in [-0.3, -0.25) is 0 Å². The van der Waals surface area contributed by atoms with E-state index in [0.717, 1.165) is 0 Å². The van der Waals surface area contributed by atoms with Crippen LogP contribution in [0.3, 0.4) is 0 Å². The summed E-state index contributed by atoms with van der Waals surface area (Å²) < 4.78 is 32.2. The Bertz CT molecular complexity index is 359. The summed E-state index contributed by atoms with van der Waals surface area (Å²) in [6.07, 6.45) is 0. The highest BCUT2D eigenvalue weighted by Gasteiger charge is 1.99. The predicted octanol–water partition coefficient (Wildman–Crippen LogP) is -0.750. The minimum atomic E-state index is 0.477. The van der Waals surface area contributed by atoms with Crippen LogP contribution in [0.4, 0.5) is 0 Å². The molecule has 1 heterocycles. The van der Waals surface area contributed by atoms with Gasteiger partial charge in [0.2, 0.25) is 0 Å². The fraction of sp³-hybridized carbons (Fsp3) is 0.875. The highest BCUT2D eigenvalue weighted by atomic mass is 16.5. The highest BCUT2D eigenvalue weighted by Crippen LogP contribution is 1.85. The maximum atomic E-state index is 5.47. The zero-order valence-corrected chi connectivity index (χ0v) is 15.8. The van der Waals surface area contributed by atoms with Crippen molar-refractivity contribution in [1.29, 1.82) is 0 Å². The molecule has 10 nitrogen and oxygen atoms in total. The molecule has 0 aliphatic carbocycles.